The van der Waals surface area contributed by atoms with E-state index in [1.54, 1.807) is 24.3 Å². The van der Waals surface area contributed by atoms with Gasteiger partial charge < -0.3 is 19.3 Å². The van der Waals surface area contributed by atoms with Crippen LogP contribution >= 0.6 is 11.6 Å². The third-order valence-corrected chi connectivity index (χ3v) is 4.73. The zero-order chi connectivity index (χ0) is 21.6. The molecule has 0 fully saturated rings. The van der Waals surface area contributed by atoms with E-state index in [2.05, 4.69) is 10.5 Å². The molecule has 0 atom stereocenters. The highest BCUT2D eigenvalue weighted by Gasteiger charge is 2.13. The molecule has 0 radical (unpaired) electrons. The zero-order valence-electron chi connectivity index (χ0n) is 16.3. The largest absolute Gasteiger partial charge is 0.490 e. The lowest BCUT2D eigenvalue weighted by Crippen LogP contribution is -2.09. The number of rotatable bonds is 9. The van der Waals surface area contributed by atoms with Crippen molar-refractivity contribution in [1.29, 1.82) is 0 Å². The number of ether oxygens (including phenoxy) is 2. The minimum atomic E-state index is -0.449. The Balaban J connectivity index is 1.28. The van der Waals surface area contributed by atoms with Crippen molar-refractivity contribution < 1.29 is 18.9 Å². The SMILES string of the molecule is O=[N+]([O-])c1ccc2onc(NCc3ccc(OCCOc4ccc(Cl)cc4)cc3)c2c1. The van der Waals surface area contributed by atoms with E-state index in [0.29, 0.717) is 41.6 Å². The summed E-state index contributed by atoms with van der Waals surface area (Å²) < 4.78 is 16.5. The van der Waals surface area contributed by atoms with Crippen LogP contribution in [0.25, 0.3) is 11.0 Å². The van der Waals surface area contributed by atoms with Gasteiger partial charge in [-0.15, -0.1) is 0 Å². The molecule has 8 nitrogen and oxygen atoms in total. The molecule has 3 aromatic carbocycles. The van der Waals surface area contributed by atoms with E-state index in [1.165, 1.54) is 18.2 Å². The van der Waals surface area contributed by atoms with Crippen molar-refractivity contribution in [2.45, 2.75) is 6.54 Å². The molecule has 31 heavy (non-hydrogen) atoms. The zero-order valence-corrected chi connectivity index (χ0v) is 17.0. The fraction of sp³-hybridized carbons (Fsp3) is 0.136. The van der Waals surface area contributed by atoms with E-state index in [-0.39, 0.29) is 5.69 Å². The summed E-state index contributed by atoms with van der Waals surface area (Å²) in [6.07, 6.45) is 0. The first-order valence-corrected chi connectivity index (χ1v) is 9.84. The molecule has 0 aliphatic rings. The molecule has 1 aromatic heterocycles. The predicted octanol–water partition coefficient (Wildman–Crippen LogP) is 5.46. The average Bonchev–Trinajstić information content (AvgIpc) is 3.19. The van der Waals surface area contributed by atoms with Crippen molar-refractivity contribution in [3.05, 3.63) is 87.4 Å². The molecule has 0 saturated carbocycles. The van der Waals surface area contributed by atoms with Gasteiger partial charge in [0.15, 0.2) is 11.4 Å². The maximum absolute atomic E-state index is 11.0. The number of aromatic nitrogens is 1. The quantitative estimate of drug-likeness (QED) is 0.210. The summed E-state index contributed by atoms with van der Waals surface area (Å²) >= 11 is 5.84. The molecule has 0 unspecified atom stereocenters. The van der Waals surface area contributed by atoms with Crippen molar-refractivity contribution >= 4 is 34.1 Å². The van der Waals surface area contributed by atoms with Crippen LogP contribution in [0.5, 0.6) is 11.5 Å². The highest BCUT2D eigenvalue weighted by atomic mass is 35.5. The Kier molecular flexibility index (Phi) is 6.18. The fourth-order valence-corrected chi connectivity index (χ4v) is 3.03. The molecule has 0 amide bonds. The van der Waals surface area contributed by atoms with Gasteiger partial charge in [-0.1, -0.05) is 28.9 Å². The summed E-state index contributed by atoms with van der Waals surface area (Å²) in [7, 11) is 0. The molecule has 0 saturated heterocycles. The molecule has 0 aliphatic heterocycles. The summed E-state index contributed by atoms with van der Waals surface area (Å²) in [5, 5.41) is 19.3. The van der Waals surface area contributed by atoms with Crippen LogP contribution in [0.1, 0.15) is 5.56 Å². The first kappa shape index (κ1) is 20.5. The molecule has 0 aliphatic carbocycles. The number of nitro groups is 1. The second-order valence-corrected chi connectivity index (χ2v) is 7.05. The van der Waals surface area contributed by atoms with Crippen LogP contribution in [0.4, 0.5) is 11.5 Å². The van der Waals surface area contributed by atoms with E-state index in [4.69, 9.17) is 25.6 Å². The number of nitro benzene ring substituents is 1. The van der Waals surface area contributed by atoms with Crippen LogP contribution in [0.2, 0.25) is 5.02 Å². The topological polar surface area (TPSA) is 99.7 Å². The van der Waals surface area contributed by atoms with Gasteiger partial charge in [0, 0.05) is 23.7 Å². The summed E-state index contributed by atoms with van der Waals surface area (Å²) in [6.45, 7) is 1.30. The van der Waals surface area contributed by atoms with E-state index in [9.17, 15) is 10.1 Å². The number of benzene rings is 3. The predicted molar refractivity (Wildman–Crippen MR) is 117 cm³/mol. The summed E-state index contributed by atoms with van der Waals surface area (Å²) in [4.78, 5) is 10.5. The van der Waals surface area contributed by atoms with Gasteiger partial charge in [-0.05, 0) is 48.0 Å². The third kappa shape index (κ3) is 5.23. The van der Waals surface area contributed by atoms with Crippen LogP contribution in [-0.2, 0) is 6.54 Å². The number of nitrogens with zero attached hydrogens (tertiary/aromatic N) is 2. The Hall–Kier alpha value is -3.78. The first-order chi connectivity index (χ1) is 15.1. The lowest BCUT2D eigenvalue weighted by Gasteiger charge is -2.09. The molecule has 1 N–H and O–H groups in total. The van der Waals surface area contributed by atoms with Crippen molar-refractivity contribution in [1.82, 2.24) is 5.16 Å². The van der Waals surface area contributed by atoms with E-state index in [1.807, 2.05) is 24.3 Å². The molecule has 158 valence electrons. The maximum Gasteiger partial charge on any atom is 0.270 e. The summed E-state index contributed by atoms with van der Waals surface area (Å²) in [5.74, 6) is 1.92. The maximum atomic E-state index is 11.0. The molecule has 4 rings (SSSR count). The van der Waals surface area contributed by atoms with Gasteiger partial charge in [0.25, 0.3) is 5.69 Å². The number of hydrogen-bond acceptors (Lipinski definition) is 7. The lowest BCUT2D eigenvalue weighted by molar-refractivity contribution is -0.384. The number of non-ortho nitro benzene ring substituents is 1. The minimum absolute atomic E-state index is 0.0136. The molecule has 0 bridgehead atoms. The van der Waals surface area contributed by atoms with Gasteiger partial charge in [-0.2, -0.15) is 0 Å². The van der Waals surface area contributed by atoms with Crippen LogP contribution in [0, 0.1) is 10.1 Å². The van der Waals surface area contributed by atoms with Crippen molar-refractivity contribution in [2.24, 2.45) is 0 Å². The molecule has 4 aromatic rings. The number of halogens is 1. The Morgan fingerprint density at radius 2 is 1.61 bits per heavy atom. The molecule has 0 spiro atoms. The smallest absolute Gasteiger partial charge is 0.270 e. The van der Waals surface area contributed by atoms with Crippen LogP contribution in [0.3, 0.4) is 0 Å². The van der Waals surface area contributed by atoms with Crippen LogP contribution in [-0.4, -0.2) is 23.3 Å². The fourth-order valence-electron chi connectivity index (χ4n) is 2.91. The van der Waals surface area contributed by atoms with E-state index < -0.39 is 4.92 Å². The summed E-state index contributed by atoms with van der Waals surface area (Å²) in [6, 6.07) is 19.1. The summed E-state index contributed by atoms with van der Waals surface area (Å²) in [5.41, 5.74) is 1.46. The van der Waals surface area contributed by atoms with Gasteiger partial charge in [0.1, 0.15) is 24.7 Å². The highest BCUT2D eigenvalue weighted by Crippen LogP contribution is 2.27. The van der Waals surface area contributed by atoms with E-state index in [0.717, 1.165) is 17.1 Å². The number of nitrogens with one attached hydrogen (secondary N) is 1. The molecule has 9 heteroatoms. The number of anilines is 1. The van der Waals surface area contributed by atoms with Gasteiger partial charge in [0.2, 0.25) is 0 Å². The van der Waals surface area contributed by atoms with Crippen LogP contribution < -0.4 is 14.8 Å². The van der Waals surface area contributed by atoms with Gasteiger partial charge in [-0.3, -0.25) is 10.1 Å². The Morgan fingerprint density at radius 1 is 0.968 bits per heavy atom. The second-order valence-electron chi connectivity index (χ2n) is 6.62. The molecular weight excluding hydrogens is 422 g/mol. The first-order valence-electron chi connectivity index (χ1n) is 9.46. The Labute approximate surface area is 182 Å². The molecular formula is C22H18ClN3O5. The Bertz CT molecular complexity index is 1180. The number of hydrogen-bond donors (Lipinski definition) is 1. The standard InChI is InChI=1S/C22H18ClN3O5/c23-16-3-8-19(9-4-16)30-12-11-29-18-6-1-15(2-7-18)14-24-22-20-13-17(26(27)28)5-10-21(20)31-25-22/h1-10,13H,11-12,14H2,(H,24,25). The van der Waals surface area contributed by atoms with Crippen molar-refractivity contribution in [2.75, 3.05) is 18.5 Å². The van der Waals surface area contributed by atoms with Crippen LogP contribution in [0.15, 0.2) is 71.3 Å². The second kappa shape index (κ2) is 9.36. The van der Waals surface area contributed by atoms with Gasteiger partial charge >= 0.3 is 0 Å². The Morgan fingerprint density at radius 3 is 2.26 bits per heavy atom. The monoisotopic (exact) mass is 439 g/mol. The van der Waals surface area contributed by atoms with Gasteiger partial charge in [0.05, 0.1) is 10.3 Å². The van der Waals surface area contributed by atoms with Crippen molar-refractivity contribution in [3.63, 3.8) is 0 Å². The van der Waals surface area contributed by atoms with E-state index >= 15 is 0 Å². The average molecular weight is 440 g/mol. The highest BCUT2D eigenvalue weighted by molar-refractivity contribution is 6.30. The number of fused-ring (bicyclic) bond motifs is 1. The van der Waals surface area contributed by atoms with Crippen molar-refractivity contribution in [3.8, 4) is 11.5 Å². The normalized spacial score (nSPS) is 10.7. The van der Waals surface area contributed by atoms with Gasteiger partial charge in [-0.25, -0.2) is 0 Å². The third-order valence-electron chi connectivity index (χ3n) is 4.48. The lowest BCUT2D eigenvalue weighted by atomic mass is 10.2. The molecule has 1 heterocycles. The minimum Gasteiger partial charge on any atom is -0.490 e.